The molecule has 0 unspecified atom stereocenters. The molecule has 2 aromatic carbocycles. The molecule has 0 bridgehead atoms. The van der Waals surface area contributed by atoms with Crippen LogP contribution < -0.4 is 10.4 Å². The number of rotatable bonds is 6. The summed E-state index contributed by atoms with van der Waals surface area (Å²) >= 11 is 0. The number of hydrogen-bond acceptors (Lipinski definition) is 5. The van der Waals surface area contributed by atoms with Gasteiger partial charge in [-0.3, -0.25) is 0 Å². The molecule has 140 valence electrons. The molecule has 5 heteroatoms. The first-order valence-electron chi connectivity index (χ1n) is 8.96. The minimum absolute atomic E-state index is 0.195. The Morgan fingerprint density at radius 3 is 2.52 bits per heavy atom. The smallest absolute Gasteiger partial charge is 0.344 e. The molecule has 1 aromatic heterocycles. The van der Waals surface area contributed by atoms with Gasteiger partial charge in [-0.05, 0) is 43.0 Å². The first-order valence-corrected chi connectivity index (χ1v) is 8.96. The van der Waals surface area contributed by atoms with E-state index < -0.39 is 11.6 Å². The average Bonchev–Trinajstić information content (AvgIpc) is 2.65. The Morgan fingerprint density at radius 1 is 1.11 bits per heavy atom. The summed E-state index contributed by atoms with van der Waals surface area (Å²) in [6.45, 7) is 5.37. The summed E-state index contributed by atoms with van der Waals surface area (Å²) in [5.41, 5.74) is 2.65. The molecule has 27 heavy (non-hydrogen) atoms. The molecule has 1 heterocycles. The van der Waals surface area contributed by atoms with Gasteiger partial charge in [0, 0.05) is 17.5 Å². The molecule has 5 nitrogen and oxygen atoms in total. The Balaban J connectivity index is 2.03. The zero-order valence-corrected chi connectivity index (χ0v) is 15.7. The monoisotopic (exact) mass is 366 g/mol. The number of carbonyl (C=O) groups excluding carboxylic acids is 1. The molecule has 0 fully saturated rings. The molecule has 0 aliphatic heterocycles. The van der Waals surface area contributed by atoms with Crippen molar-refractivity contribution in [2.45, 2.75) is 33.3 Å². The highest BCUT2D eigenvalue weighted by Crippen LogP contribution is 2.32. The largest absolute Gasteiger partial charge is 0.481 e. The lowest BCUT2D eigenvalue weighted by Gasteiger charge is -2.14. The van der Waals surface area contributed by atoms with Gasteiger partial charge in [0.25, 0.3) is 0 Å². The van der Waals surface area contributed by atoms with Crippen LogP contribution in [0.5, 0.6) is 5.75 Å². The van der Waals surface area contributed by atoms with Gasteiger partial charge in [-0.15, -0.1) is 0 Å². The highest BCUT2D eigenvalue weighted by atomic mass is 16.6. The van der Waals surface area contributed by atoms with Crippen LogP contribution in [0, 0.1) is 0 Å². The van der Waals surface area contributed by atoms with Gasteiger partial charge < -0.3 is 13.9 Å². The van der Waals surface area contributed by atoms with E-state index in [9.17, 15) is 9.59 Å². The highest BCUT2D eigenvalue weighted by Gasteiger charge is 2.14. The van der Waals surface area contributed by atoms with E-state index in [4.69, 9.17) is 13.9 Å². The Hall–Kier alpha value is -3.08. The first kappa shape index (κ1) is 18.7. The lowest BCUT2D eigenvalue weighted by molar-refractivity contribution is -0.149. The zero-order chi connectivity index (χ0) is 19.4. The van der Waals surface area contributed by atoms with E-state index >= 15 is 0 Å². The Morgan fingerprint density at radius 2 is 1.85 bits per heavy atom. The van der Waals surface area contributed by atoms with Crippen LogP contribution >= 0.6 is 0 Å². The lowest BCUT2D eigenvalue weighted by atomic mass is 9.99. The maximum Gasteiger partial charge on any atom is 0.344 e. The van der Waals surface area contributed by atoms with Crippen molar-refractivity contribution in [3.63, 3.8) is 0 Å². The second-order valence-corrected chi connectivity index (χ2v) is 6.48. The van der Waals surface area contributed by atoms with Crippen molar-refractivity contribution in [1.82, 2.24) is 0 Å². The number of hydrogen-bond donors (Lipinski definition) is 0. The van der Waals surface area contributed by atoms with Crippen molar-refractivity contribution in [3.8, 4) is 16.9 Å². The third-order valence-electron chi connectivity index (χ3n) is 4.10. The van der Waals surface area contributed by atoms with Crippen LogP contribution in [-0.2, 0) is 16.0 Å². The number of ether oxygens (including phenoxy) is 2. The van der Waals surface area contributed by atoms with Crippen molar-refractivity contribution in [1.29, 1.82) is 0 Å². The fourth-order valence-corrected chi connectivity index (χ4v) is 2.94. The van der Waals surface area contributed by atoms with E-state index in [0.29, 0.717) is 17.8 Å². The zero-order valence-electron chi connectivity index (χ0n) is 15.7. The molecule has 0 saturated heterocycles. The molecule has 3 rings (SSSR count). The minimum atomic E-state index is -0.438. The number of benzene rings is 2. The summed E-state index contributed by atoms with van der Waals surface area (Å²) in [4.78, 5) is 23.8. The summed E-state index contributed by atoms with van der Waals surface area (Å²) < 4.78 is 16.1. The summed E-state index contributed by atoms with van der Waals surface area (Å²) in [5.74, 6) is 0.0747. The van der Waals surface area contributed by atoms with Crippen molar-refractivity contribution in [2.24, 2.45) is 0 Å². The predicted molar refractivity (Wildman–Crippen MR) is 104 cm³/mol. The Kier molecular flexibility index (Phi) is 5.60. The number of carbonyl (C=O) groups is 1. The van der Waals surface area contributed by atoms with E-state index in [1.54, 1.807) is 19.9 Å². The van der Waals surface area contributed by atoms with E-state index in [1.807, 2.05) is 43.3 Å². The van der Waals surface area contributed by atoms with E-state index in [0.717, 1.165) is 22.1 Å². The van der Waals surface area contributed by atoms with Gasteiger partial charge in [0.1, 0.15) is 11.3 Å². The molecule has 0 N–H and O–H groups in total. The number of aryl methyl sites for hydroxylation is 1. The van der Waals surface area contributed by atoms with E-state index in [2.05, 4.69) is 0 Å². The molecule has 0 atom stereocenters. The van der Waals surface area contributed by atoms with Gasteiger partial charge in [-0.2, -0.15) is 0 Å². The van der Waals surface area contributed by atoms with Crippen molar-refractivity contribution in [3.05, 3.63) is 64.5 Å². The minimum Gasteiger partial charge on any atom is -0.481 e. The lowest BCUT2D eigenvalue weighted by Crippen LogP contribution is -2.19. The first-order chi connectivity index (χ1) is 13.0. The van der Waals surface area contributed by atoms with Crippen molar-refractivity contribution in [2.75, 3.05) is 6.61 Å². The SMILES string of the molecule is CCc1cc2c(-c3ccccc3)cc(=O)oc2cc1OCC(=O)OC(C)C. The topological polar surface area (TPSA) is 65.7 Å². The van der Waals surface area contributed by atoms with Crippen LogP contribution in [0.25, 0.3) is 22.1 Å². The summed E-state index contributed by atoms with van der Waals surface area (Å²) in [6.07, 6.45) is 0.507. The standard InChI is InChI=1S/C22H22O5/c1-4-15-10-18-17(16-8-6-5-7-9-16)11-21(23)27-20(18)12-19(15)25-13-22(24)26-14(2)3/h5-12,14H,4,13H2,1-3H3. The van der Waals surface area contributed by atoms with Gasteiger partial charge in [-0.25, -0.2) is 9.59 Å². The normalized spacial score (nSPS) is 11.0. The summed E-state index contributed by atoms with van der Waals surface area (Å²) in [7, 11) is 0. The second-order valence-electron chi connectivity index (χ2n) is 6.48. The maximum absolute atomic E-state index is 12.0. The second kappa shape index (κ2) is 8.08. The molecule has 0 amide bonds. The third kappa shape index (κ3) is 4.37. The molecular formula is C22H22O5. The molecule has 0 radical (unpaired) electrons. The van der Waals surface area contributed by atoms with Gasteiger partial charge in [0.2, 0.25) is 0 Å². The third-order valence-corrected chi connectivity index (χ3v) is 4.10. The van der Waals surface area contributed by atoms with Gasteiger partial charge in [0.05, 0.1) is 6.10 Å². The molecule has 0 aliphatic rings. The van der Waals surface area contributed by atoms with Crippen LogP contribution in [0.1, 0.15) is 26.3 Å². The molecule has 3 aromatic rings. The highest BCUT2D eigenvalue weighted by molar-refractivity contribution is 5.94. The van der Waals surface area contributed by atoms with E-state index in [-0.39, 0.29) is 12.7 Å². The predicted octanol–water partition coefficient (Wildman–Crippen LogP) is 4.35. The molecule has 0 aliphatic carbocycles. The van der Waals surface area contributed by atoms with Gasteiger partial charge >= 0.3 is 11.6 Å². The Labute approximate surface area is 157 Å². The van der Waals surface area contributed by atoms with Crippen LogP contribution in [0.4, 0.5) is 0 Å². The Bertz CT molecular complexity index is 1000. The van der Waals surface area contributed by atoms with Crippen LogP contribution in [0.3, 0.4) is 0 Å². The fourth-order valence-electron chi connectivity index (χ4n) is 2.94. The number of fused-ring (bicyclic) bond motifs is 1. The van der Waals surface area contributed by atoms with Crippen LogP contribution in [0.2, 0.25) is 0 Å². The fraction of sp³-hybridized carbons (Fsp3) is 0.273. The van der Waals surface area contributed by atoms with Crippen molar-refractivity contribution < 1.29 is 18.7 Å². The van der Waals surface area contributed by atoms with Gasteiger partial charge in [0.15, 0.2) is 6.61 Å². The molecular weight excluding hydrogens is 344 g/mol. The maximum atomic E-state index is 12.0. The van der Waals surface area contributed by atoms with Crippen LogP contribution in [-0.4, -0.2) is 18.7 Å². The van der Waals surface area contributed by atoms with Crippen molar-refractivity contribution >= 4 is 16.9 Å². The average molecular weight is 366 g/mol. The number of esters is 1. The summed E-state index contributed by atoms with van der Waals surface area (Å²) in [5, 5.41) is 0.828. The summed E-state index contributed by atoms with van der Waals surface area (Å²) in [6, 6.07) is 14.8. The quantitative estimate of drug-likeness (QED) is 0.479. The van der Waals surface area contributed by atoms with Crippen LogP contribution in [0.15, 0.2) is 57.7 Å². The van der Waals surface area contributed by atoms with E-state index in [1.165, 1.54) is 6.07 Å². The van der Waals surface area contributed by atoms with Gasteiger partial charge in [-0.1, -0.05) is 37.3 Å². The molecule has 0 saturated carbocycles. The molecule has 0 spiro atoms.